The molecule has 1 aliphatic heterocycles. The summed E-state index contributed by atoms with van der Waals surface area (Å²) in [6.45, 7) is 10.1. The zero-order valence-electron chi connectivity index (χ0n) is 13.2. The van der Waals surface area contributed by atoms with Crippen LogP contribution in [0.15, 0.2) is 17.8 Å². The number of hydrogen-bond donors (Lipinski definition) is 1. The van der Waals surface area contributed by atoms with E-state index in [9.17, 15) is 0 Å². The predicted octanol–water partition coefficient (Wildman–Crippen LogP) is 2.99. The summed E-state index contributed by atoms with van der Waals surface area (Å²) in [4.78, 5) is 8.47. The second kappa shape index (κ2) is 6.46. The lowest BCUT2D eigenvalue weighted by Crippen LogP contribution is -2.56. The molecule has 0 aromatic carbocycles. The number of thiazole rings is 1. The van der Waals surface area contributed by atoms with Gasteiger partial charge in [-0.05, 0) is 18.8 Å². The quantitative estimate of drug-likeness (QED) is 0.922. The zero-order chi connectivity index (χ0) is 14.8. The molecule has 0 saturated carbocycles. The lowest BCUT2D eigenvalue weighted by Gasteiger charge is -2.40. The smallest absolute Gasteiger partial charge is 0.193 e. The summed E-state index contributed by atoms with van der Waals surface area (Å²) < 4.78 is 2.13. The van der Waals surface area contributed by atoms with Gasteiger partial charge in [-0.25, -0.2) is 4.98 Å². The molecule has 21 heavy (non-hydrogen) atoms. The fourth-order valence-corrected chi connectivity index (χ4v) is 4.03. The van der Waals surface area contributed by atoms with Crippen molar-refractivity contribution in [2.24, 2.45) is 5.92 Å². The van der Waals surface area contributed by atoms with Crippen LogP contribution < -0.4 is 5.32 Å². The first-order chi connectivity index (χ1) is 10.2. The molecule has 2 aromatic rings. The number of nitrogens with one attached hydrogen (secondary N) is 1. The van der Waals surface area contributed by atoms with E-state index in [-0.39, 0.29) is 0 Å². The van der Waals surface area contributed by atoms with Crippen molar-refractivity contribution < 1.29 is 0 Å². The van der Waals surface area contributed by atoms with E-state index in [2.05, 4.69) is 53.2 Å². The first-order valence-corrected chi connectivity index (χ1v) is 8.92. The van der Waals surface area contributed by atoms with Crippen molar-refractivity contribution in [2.45, 2.75) is 52.2 Å². The minimum Gasteiger partial charge on any atom is -0.311 e. The maximum absolute atomic E-state index is 4.74. The fourth-order valence-electron chi connectivity index (χ4n) is 3.31. The Labute approximate surface area is 131 Å². The predicted molar refractivity (Wildman–Crippen MR) is 88.8 cm³/mol. The van der Waals surface area contributed by atoms with Gasteiger partial charge in [0.05, 0.1) is 5.69 Å². The Morgan fingerprint density at radius 1 is 1.48 bits per heavy atom. The van der Waals surface area contributed by atoms with E-state index in [0.717, 1.165) is 30.5 Å². The van der Waals surface area contributed by atoms with E-state index in [4.69, 9.17) is 4.98 Å². The van der Waals surface area contributed by atoms with Crippen molar-refractivity contribution in [3.63, 3.8) is 0 Å². The molecule has 4 nitrogen and oxygen atoms in total. The van der Waals surface area contributed by atoms with Crippen LogP contribution in [0.2, 0.25) is 0 Å². The highest BCUT2D eigenvalue weighted by Crippen LogP contribution is 2.19. The molecule has 0 amide bonds. The van der Waals surface area contributed by atoms with Crippen molar-refractivity contribution in [1.29, 1.82) is 0 Å². The third-order valence-electron chi connectivity index (χ3n) is 4.35. The van der Waals surface area contributed by atoms with Crippen molar-refractivity contribution >= 4 is 16.3 Å². The van der Waals surface area contributed by atoms with Crippen LogP contribution in [0.25, 0.3) is 4.96 Å². The molecule has 2 aromatic heterocycles. The molecule has 116 valence electrons. The third kappa shape index (κ3) is 3.47. The Hall–Kier alpha value is -0.910. The van der Waals surface area contributed by atoms with Crippen LogP contribution in [0.1, 0.15) is 39.3 Å². The lowest BCUT2D eigenvalue weighted by molar-refractivity contribution is 0.110. The highest BCUT2D eigenvalue weighted by atomic mass is 32.1. The van der Waals surface area contributed by atoms with Gasteiger partial charge in [-0.2, -0.15) is 0 Å². The fraction of sp³-hybridized carbons (Fsp3) is 0.688. The maximum atomic E-state index is 4.74. The SMILES string of the molecule is CCC1CNC(CC(C)C)CN1Cc1cn2ccsc2n1. The molecule has 1 fully saturated rings. The Bertz CT molecular complexity index is 545. The summed E-state index contributed by atoms with van der Waals surface area (Å²) >= 11 is 1.71. The van der Waals surface area contributed by atoms with Gasteiger partial charge in [0, 0.05) is 49.5 Å². The first kappa shape index (κ1) is 15.0. The first-order valence-electron chi connectivity index (χ1n) is 8.04. The molecule has 1 saturated heterocycles. The van der Waals surface area contributed by atoms with Gasteiger partial charge < -0.3 is 5.32 Å². The number of piperazine rings is 1. The molecule has 0 bridgehead atoms. The standard InChI is InChI=1S/C16H26N4S/c1-4-15-8-17-13(7-12(2)3)9-20(15)11-14-10-19-5-6-21-16(19)18-14/h5-6,10,12-13,15,17H,4,7-9,11H2,1-3H3. The number of hydrogen-bond acceptors (Lipinski definition) is 4. The molecule has 2 unspecified atom stereocenters. The number of fused-ring (bicyclic) bond motifs is 1. The van der Waals surface area contributed by atoms with E-state index in [1.165, 1.54) is 18.5 Å². The molecule has 0 spiro atoms. The van der Waals surface area contributed by atoms with E-state index in [1.807, 2.05) is 0 Å². The summed E-state index contributed by atoms with van der Waals surface area (Å²) in [6.07, 6.45) is 6.72. The maximum Gasteiger partial charge on any atom is 0.193 e. The third-order valence-corrected chi connectivity index (χ3v) is 5.12. The molecular weight excluding hydrogens is 280 g/mol. The van der Waals surface area contributed by atoms with E-state index < -0.39 is 0 Å². The van der Waals surface area contributed by atoms with Gasteiger partial charge >= 0.3 is 0 Å². The number of aromatic nitrogens is 2. The van der Waals surface area contributed by atoms with Crippen molar-refractivity contribution in [3.05, 3.63) is 23.5 Å². The number of imidazole rings is 1. The van der Waals surface area contributed by atoms with Crippen LogP contribution in [0.4, 0.5) is 0 Å². The second-order valence-electron chi connectivity index (χ2n) is 6.55. The summed E-state index contributed by atoms with van der Waals surface area (Å²) in [6, 6.07) is 1.25. The summed E-state index contributed by atoms with van der Waals surface area (Å²) in [7, 11) is 0. The molecule has 1 aliphatic rings. The molecular formula is C16H26N4S. The Morgan fingerprint density at radius 2 is 2.33 bits per heavy atom. The molecule has 3 heterocycles. The van der Waals surface area contributed by atoms with Gasteiger partial charge in [-0.3, -0.25) is 9.30 Å². The largest absolute Gasteiger partial charge is 0.311 e. The Kier molecular flexibility index (Phi) is 4.62. The number of nitrogens with zero attached hydrogens (tertiary/aromatic N) is 3. The molecule has 3 rings (SSSR count). The Morgan fingerprint density at radius 3 is 3.05 bits per heavy atom. The summed E-state index contributed by atoms with van der Waals surface area (Å²) in [5.74, 6) is 0.750. The van der Waals surface area contributed by atoms with Gasteiger partial charge in [-0.15, -0.1) is 11.3 Å². The molecule has 2 atom stereocenters. The lowest BCUT2D eigenvalue weighted by atomic mass is 9.99. The minimum atomic E-state index is 0.622. The van der Waals surface area contributed by atoms with Crippen LogP contribution in [-0.4, -0.2) is 39.5 Å². The van der Waals surface area contributed by atoms with Gasteiger partial charge in [0.25, 0.3) is 0 Å². The highest BCUT2D eigenvalue weighted by Gasteiger charge is 2.27. The van der Waals surface area contributed by atoms with Crippen molar-refractivity contribution in [1.82, 2.24) is 19.6 Å². The van der Waals surface area contributed by atoms with Crippen LogP contribution in [0, 0.1) is 5.92 Å². The van der Waals surface area contributed by atoms with Gasteiger partial charge in [0.15, 0.2) is 4.96 Å². The summed E-state index contributed by atoms with van der Waals surface area (Å²) in [5, 5.41) is 5.81. The van der Waals surface area contributed by atoms with E-state index in [0.29, 0.717) is 12.1 Å². The van der Waals surface area contributed by atoms with Crippen LogP contribution >= 0.6 is 11.3 Å². The highest BCUT2D eigenvalue weighted by molar-refractivity contribution is 7.15. The normalized spacial score (nSPS) is 24.2. The van der Waals surface area contributed by atoms with Crippen LogP contribution in [0.3, 0.4) is 0 Å². The van der Waals surface area contributed by atoms with Gasteiger partial charge in [0.1, 0.15) is 0 Å². The summed E-state index contributed by atoms with van der Waals surface area (Å²) in [5.41, 5.74) is 1.20. The van der Waals surface area contributed by atoms with E-state index in [1.54, 1.807) is 11.3 Å². The van der Waals surface area contributed by atoms with Crippen LogP contribution in [-0.2, 0) is 6.54 Å². The van der Waals surface area contributed by atoms with Crippen molar-refractivity contribution in [3.8, 4) is 0 Å². The van der Waals surface area contributed by atoms with Gasteiger partial charge in [0.2, 0.25) is 0 Å². The zero-order valence-corrected chi connectivity index (χ0v) is 14.1. The minimum absolute atomic E-state index is 0.622. The molecule has 0 aliphatic carbocycles. The second-order valence-corrected chi connectivity index (χ2v) is 7.42. The monoisotopic (exact) mass is 306 g/mol. The van der Waals surface area contributed by atoms with E-state index >= 15 is 0 Å². The van der Waals surface area contributed by atoms with Crippen molar-refractivity contribution in [2.75, 3.05) is 13.1 Å². The number of rotatable bonds is 5. The molecule has 5 heteroatoms. The van der Waals surface area contributed by atoms with Crippen LogP contribution in [0.5, 0.6) is 0 Å². The Balaban J connectivity index is 1.69. The van der Waals surface area contributed by atoms with Gasteiger partial charge in [-0.1, -0.05) is 20.8 Å². The average Bonchev–Trinajstić information content (AvgIpc) is 2.99. The molecule has 0 radical (unpaired) electrons. The molecule has 1 N–H and O–H groups in total. The average molecular weight is 306 g/mol. The topological polar surface area (TPSA) is 32.6 Å².